The second-order valence-corrected chi connectivity index (χ2v) is 3.98. The lowest BCUT2D eigenvalue weighted by Gasteiger charge is -2.30. The molecule has 0 saturated carbocycles. The molecule has 1 aliphatic rings. The number of rotatable bonds is 2. The Morgan fingerprint density at radius 2 is 1.72 bits per heavy atom. The van der Waals surface area contributed by atoms with Crippen LogP contribution in [0.25, 0.3) is 0 Å². The Hall–Kier alpha value is -1.58. The Morgan fingerprint density at radius 1 is 1.17 bits per heavy atom. The summed E-state index contributed by atoms with van der Waals surface area (Å²) < 4.78 is 44.3. The minimum Gasteiger partial charge on any atom is -0.379 e. The maximum absolute atomic E-state index is 13.1. The molecule has 0 amide bonds. The summed E-state index contributed by atoms with van der Waals surface area (Å²) in [6, 6.07) is 2.91. The molecule has 1 aromatic rings. The molecule has 2 rings (SSSR count). The number of ether oxygens (including phenoxy) is 1. The maximum Gasteiger partial charge on any atom is 0.194 e. The van der Waals surface area contributed by atoms with E-state index in [1.807, 2.05) is 6.07 Å². The first-order chi connectivity index (χ1) is 8.63. The maximum atomic E-state index is 13.1. The van der Waals surface area contributed by atoms with Crippen molar-refractivity contribution in [2.45, 2.75) is 6.04 Å². The molecule has 18 heavy (non-hydrogen) atoms. The Kier molecular flexibility index (Phi) is 3.84. The molecule has 1 atom stereocenters. The van der Waals surface area contributed by atoms with Gasteiger partial charge in [-0.2, -0.15) is 5.26 Å². The largest absolute Gasteiger partial charge is 0.379 e. The van der Waals surface area contributed by atoms with Crippen molar-refractivity contribution < 1.29 is 17.9 Å². The van der Waals surface area contributed by atoms with Crippen molar-refractivity contribution in [2.24, 2.45) is 0 Å². The highest BCUT2D eigenvalue weighted by molar-refractivity contribution is 5.27. The Morgan fingerprint density at radius 3 is 2.22 bits per heavy atom. The van der Waals surface area contributed by atoms with Crippen LogP contribution in [0.3, 0.4) is 0 Å². The molecule has 1 aliphatic heterocycles. The number of benzene rings is 1. The van der Waals surface area contributed by atoms with E-state index in [-0.39, 0.29) is 5.56 Å². The average molecular weight is 256 g/mol. The fourth-order valence-corrected chi connectivity index (χ4v) is 1.94. The van der Waals surface area contributed by atoms with E-state index in [1.165, 1.54) is 0 Å². The van der Waals surface area contributed by atoms with E-state index < -0.39 is 23.5 Å². The average Bonchev–Trinajstić information content (AvgIpc) is 2.38. The smallest absolute Gasteiger partial charge is 0.194 e. The molecule has 1 fully saturated rings. The topological polar surface area (TPSA) is 36.3 Å². The zero-order valence-electron chi connectivity index (χ0n) is 9.50. The van der Waals surface area contributed by atoms with Crippen molar-refractivity contribution in [1.29, 1.82) is 5.26 Å². The van der Waals surface area contributed by atoms with E-state index in [2.05, 4.69) is 0 Å². The lowest BCUT2D eigenvalue weighted by Crippen LogP contribution is -2.38. The lowest BCUT2D eigenvalue weighted by atomic mass is 10.1. The molecule has 1 heterocycles. The normalized spacial score (nSPS) is 18.3. The minimum atomic E-state index is -1.52. The Balaban J connectivity index is 2.30. The van der Waals surface area contributed by atoms with Crippen molar-refractivity contribution in [2.75, 3.05) is 26.3 Å². The van der Waals surface area contributed by atoms with Crippen LogP contribution in [-0.2, 0) is 4.74 Å². The summed E-state index contributed by atoms with van der Waals surface area (Å²) in [5.74, 6) is -4.07. The molecular weight excluding hydrogens is 245 g/mol. The highest BCUT2D eigenvalue weighted by Crippen LogP contribution is 2.24. The molecule has 96 valence electrons. The van der Waals surface area contributed by atoms with E-state index in [1.54, 1.807) is 4.90 Å². The number of hydrogen-bond donors (Lipinski definition) is 0. The van der Waals surface area contributed by atoms with Crippen LogP contribution < -0.4 is 0 Å². The molecule has 0 bridgehead atoms. The van der Waals surface area contributed by atoms with Crippen LogP contribution in [0.15, 0.2) is 12.1 Å². The van der Waals surface area contributed by atoms with Gasteiger partial charge in [0.1, 0.15) is 6.04 Å². The van der Waals surface area contributed by atoms with E-state index in [4.69, 9.17) is 10.00 Å². The van der Waals surface area contributed by atoms with Crippen molar-refractivity contribution in [3.8, 4) is 6.07 Å². The fraction of sp³-hybridized carbons (Fsp3) is 0.417. The van der Waals surface area contributed by atoms with Crippen LogP contribution in [0, 0.1) is 28.8 Å². The SMILES string of the molecule is N#CC(c1cc(F)c(F)c(F)c1)N1CCOCC1. The first-order valence-corrected chi connectivity index (χ1v) is 5.49. The van der Waals surface area contributed by atoms with Crippen LogP contribution in [0.2, 0.25) is 0 Å². The number of morpholine rings is 1. The molecule has 0 N–H and O–H groups in total. The molecule has 0 aromatic heterocycles. The van der Waals surface area contributed by atoms with Gasteiger partial charge in [0.2, 0.25) is 0 Å². The summed E-state index contributed by atoms with van der Waals surface area (Å²) in [4.78, 5) is 1.75. The molecule has 1 aromatic carbocycles. The Bertz CT molecular complexity index is 458. The molecule has 6 heteroatoms. The quantitative estimate of drug-likeness (QED) is 0.759. The standard InChI is InChI=1S/C12H11F3N2O/c13-9-5-8(6-10(14)12(9)15)11(7-16)17-1-3-18-4-2-17/h5-6,11H,1-4H2. The Labute approximate surface area is 102 Å². The van der Waals surface area contributed by atoms with E-state index in [0.717, 1.165) is 12.1 Å². The molecule has 1 unspecified atom stereocenters. The van der Waals surface area contributed by atoms with Gasteiger partial charge in [0.15, 0.2) is 17.5 Å². The van der Waals surface area contributed by atoms with E-state index in [9.17, 15) is 13.2 Å². The van der Waals surface area contributed by atoms with Crippen LogP contribution in [0.4, 0.5) is 13.2 Å². The van der Waals surface area contributed by atoms with Crippen molar-refractivity contribution >= 4 is 0 Å². The van der Waals surface area contributed by atoms with Gasteiger partial charge in [0, 0.05) is 13.1 Å². The predicted octanol–water partition coefficient (Wildman–Crippen LogP) is 2.00. The van der Waals surface area contributed by atoms with Gasteiger partial charge in [-0.15, -0.1) is 0 Å². The van der Waals surface area contributed by atoms with Crippen molar-refractivity contribution in [1.82, 2.24) is 4.90 Å². The summed E-state index contributed by atoms with van der Waals surface area (Å²) in [7, 11) is 0. The molecular formula is C12H11F3N2O. The molecule has 0 radical (unpaired) electrons. The van der Waals surface area contributed by atoms with Crippen molar-refractivity contribution in [3.63, 3.8) is 0 Å². The third-order valence-corrected chi connectivity index (χ3v) is 2.85. The van der Waals surface area contributed by atoms with E-state index >= 15 is 0 Å². The first kappa shape index (κ1) is 12.9. The lowest BCUT2D eigenvalue weighted by molar-refractivity contribution is 0.0265. The fourth-order valence-electron chi connectivity index (χ4n) is 1.94. The van der Waals surface area contributed by atoms with Gasteiger partial charge < -0.3 is 4.74 Å². The third-order valence-electron chi connectivity index (χ3n) is 2.85. The second-order valence-electron chi connectivity index (χ2n) is 3.98. The summed E-state index contributed by atoms with van der Waals surface area (Å²) in [6.45, 7) is 1.92. The second kappa shape index (κ2) is 5.38. The van der Waals surface area contributed by atoms with Crippen LogP contribution in [0.5, 0.6) is 0 Å². The van der Waals surface area contributed by atoms with Gasteiger partial charge in [0.25, 0.3) is 0 Å². The van der Waals surface area contributed by atoms with Crippen LogP contribution in [0.1, 0.15) is 11.6 Å². The van der Waals surface area contributed by atoms with Gasteiger partial charge in [-0.05, 0) is 17.7 Å². The van der Waals surface area contributed by atoms with Gasteiger partial charge in [-0.3, -0.25) is 4.90 Å². The first-order valence-electron chi connectivity index (χ1n) is 5.49. The number of halogens is 3. The monoisotopic (exact) mass is 256 g/mol. The van der Waals surface area contributed by atoms with Gasteiger partial charge >= 0.3 is 0 Å². The molecule has 1 saturated heterocycles. The van der Waals surface area contributed by atoms with E-state index in [0.29, 0.717) is 26.3 Å². The summed E-state index contributed by atoms with van der Waals surface area (Å²) in [6.07, 6.45) is 0. The van der Waals surface area contributed by atoms with Crippen LogP contribution in [-0.4, -0.2) is 31.2 Å². The molecule has 3 nitrogen and oxygen atoms in total. The third kappa shape index (κ3) is 2.47. The predicted molar refractivity (Wildman–Crippen MR) is 57.1 cm³/mol. The number of nitrogens with zero attached hydrogens (tertiary/aromatic N) is 2. The number of nitriles is 1. The highest BCUT2D eigenvalue weighted by atomic mass is 19.2. The van der Waals surface area contributed by atoms with Crippen molar-refractivity contribution in [3.05, 3.63) is 35.1 Å². The zero-order valence-corrected chi connectivity index (χ0v) is 9.50. The molecule has 0 spiro atoms. The minimum absolute atomic E-state index is 0.121. The van der Waals surface area contributed by atoms with Gasteiger partial charge in [-0.1, -0.05) is 0 Å². The van der Waals surface area contributed by atoms with Gasteiger partial charge in [-0.25, -0.2) is 13.2 Å². The summed E-state index contributed by atoms with van der Waals surface area (Å²) >= 11 is 0. The highest BCUT2D eigenvalue weighted by Gasteiger charge is 2.24. The zero-order chi connectivity index (χ0) is 13.1. The van der Waals surface area contributed by atoms with Crippen LogP contribution >= 0.6 is 0 Å². The summed E-state index contributed by atoms with van der Waals surface area (Å²) in [5, 5.41) is 9.11. The number of hydrogen-bond acceptors (Lipinski definition) is 3. The molecule has 0 aliphatic carbocycles. The van der Waals surface area contributed by atoms with Gasteiger partial charge in [0.05, 0.1) is 19.3 Å². The summed E-state index contributed by atoms with van der Waals surface area (Å²) in [5.41, 5.74) is 0.121.